The third kappa shape index (κ3) is 3.72. The predicted molar refractivity (Wildman–Crippen MR) is 98.4 cm³/mol. The number of hydrogen-bond acceptors (Lipinski definition) is 6. The first kappa shape index (κ1) is 19.4. The number of aliphatic hydroxyl groups excluding tert-OH is 1. The van der Waals surface area contributed by atoms with E-state index in [0.717, 1.165) is 5.56 Å². The van der Waals surface area contributed by atoms with Crippen LogP contribution in [0.15, 0.2) is 12.1 Å². The van der Waals surface area contributed by atoms with Crippen LogP contribution in [0.3, 0.4) is 0 Å². The van der Waals surface area contributed by atoms with E-state index < -0.39 is 12.1 Å². The Hall–Kier alpha value is -2.32. The number of aliphatic hydroxyl groups is 1. The maximum absolute atomic E-state index is 12.6. The Morgan fingerprint density at radius 2 is 1.89 bits per heavy atom. The Kier molecular flexibility index (Phi) is 5.57. The zero-order valence-electron chi connectivity index (χ0n) is 16.2. The summed E-state index contributed by atoms with van der Waals surface area (Å²) in [5.74, 6) is 1.33. The Balaban J connectivity index is 1.79. The van der Waals surface area contributed by atoms with Gasteiger partial charge < -0.3 is 19.9 Å². The summed E-state index contributed by atoms with van der Waals surface area (Å²) < 4.78 is 10.8. The summed E-state index contributed by atoms with van der Waals surface area (Å²) in [4.78, 5) is 27.9. The molecular weight excluding hydrogens is 350 g/mol. The van der Waals surface area contributed by atoms with Crippen LogP contribution in [0, 0.1) is 5.92 Å². The molecule has 148 valence electrons. The van der Waals surface area contributed by atoms with E-state index in [1.54, 1.807) is 26.4 Å². The van der Waals surface area contributed by atoms with Crippen LogP contribution in [0.4, 0.5) is 4.79 Å². The highest BCUT2D eigenvalue weighted by atomic mass is 16.5. The first-order valence-electron chi connectivity index (χ1n) is 9.11. The van der Waals surface area contributed by atoms with Gasteiger partial charge in [0.05, 0.1) is 27.0 Å². The lowest BCUT2D eigenvalue weighted by molar-refractivity contribution is -0.129. The van der Waals surface area contributed by atoms with Crippen molar-refractivity contribution in [3.8, 4) is 11.5 Å². The second-order valence-corrected chi connectivity index (χ2v) is 7.43. The van der Waals surface area contributed by atoms with Crippen molar-refractivity contribution in [3.05, 3.63) is 23.3 Å². The van der Waals surface area contributed by atoms with Gasteiger partial charge in [0.25, 0.3) is 5.91 Å². The Labute approximate surface area is 159 Å². The molecule has 2 heterocycles. The van der Waals surface area contributed by atoms with Gasteiger partial charge >= 0.3 is 6.03 Å². The molecule has 0 bridgehead atoms. The number of methoxy groups -OCH3 is 2. The second kappa shape index (κ2) is 7.74. The molecule has 0 radical (unpaired) electrons. The molecule has 2 unspecified atom stereocenters. The number of nitrogens with one attached hydrogen (secondary N) is 1. The van der Waals surface area contributed by atoms with Gasteiger partial charge in [0.1, 0.15) is 17.5 Å². The minimum absolute atomic E-state index is 0.121. The first-order valence-corrected chi connectivity index (χ1v) is 9.11. The van der Waals surface area contributed by atoms with E-state index in [4.69, 9.17) is 9.47 Å². The lowest BCUT2D eigenvalue weighted by Gasteiger charge is -2.35. The van der Waals surface area contributed by atoms with Crippen molar-refractivity contribution < 1.29 is 24.2 Å². The molecule has 0 spiro atoms. The molecule has 8 heteroatoms. The predicted octanol–water partition coefficient (Wildman–Crippen LogP) is 1.48. The van der Waals surface area contributed by atoms with E-state index in [-0.39, 0.29) is 18.6 Å². The minimum Gasteiger partial charge on any atom is -0.496 e. The standard InChI is InChI=1S/C19H27N3O5/c1-11(2)7-13-18(24)22(19(25)20-13)10-21-8-12-15(26-3)5-6-16(27-4)17(12)14(23)9-21/h5-6,11,13-14,23H,7-10H2,1-4H3,(H,20,25). The van der Waals surface area contributed by atoms with Crippen LogP contribution < -0.4 is 14.8 Å². The summed E-state index contributed by atoms with van der Waals surface area (Å²) in [6, 6.07) is 2.70. The molecule has 1 saturated heterocycles. The number of hydrogen-bond donors (Lipinski definition) is 2. The number of urea groups is 1. The van der Waals surface area contributed by atoms with E-state index in [2.05, 4.69) is 5.32 Å². The summed E-state index contributed by atoms with van der Waals surface area (Å²) in [5, 5.41) is 13.4. The van der Waals surface area contributed by atoms with Crippen LogP contribution in [0.2, 0.25) is 0 Å². The highest BCUT2D eigenvalue weighted by Crippen LogP contribution is 2.39. The van der Waals surface area contributed by atoms with Crippen LogP contribution in [-0.2, 0) is 11.3 Å². The number of ether oxygens (including phenoxy) is 2. The molecule has 27 heavy (non-hydrogen) atoms. The average molecular weight is 377 g/mol. The van der Waals surface area contributed by atoms with Crippen molar-refractivity contribution in [1.82, 2.24) is 15.1 Å². The van der Waals surface area contributed by atoms with E-state index in [0.29, 0.717) is 42.5 Å². The molecule has 0 aromatic heterocycles. The van der Waals surface area contributed by atoms with Crippen LogP contribution >= 0.6 is 0 Å². The molecule has 0 saturated carbocycles. The van der Waals surface area contributed by atoms with Crippen molar-refractivity contribution in [2.75, 3.05) is 27.4 Å². The fraction of sp³-hybridized carbons (Fsp3) is 0.579. The lowest BCUT2D eigenvalue weighted by Crippen LogP contribution is -2.45. The minimum atomic E-state index is -0.800. The highest BCUT2D eigenvalue weighted by Gasteiger charge is 2.40. The van der Waals surface area contributed by atoms with E-state index in [1.807, 2.05) is 18.7 Å². The highest BCUT2D eigenvalue weighted by molar-refractivity contribution is 6.04. The molecule has 2 aliphatic rings. The third-order valence-electron chi connectivity index (χ3n) is 5.02. The molecule has 1 aromatic rings. The summed E-state index contributed by atoms with van der Waals surface area (Å²) in [6.07, 6.45) is -0.191. The summed E-state index contributed by atoms with van der Waals surface area (Å²) in [7, 11) is 3.13. The SMILES string of the molecule is COc1ccc(OC)c2c1CN(CN1C(=O)NC(CC(C)C)C1=O)CC2O. The molecule has 1 aromatic carbocycles. The fourth-order valence-electron chi connectivity index (χ4n) is 3.79. The average Bonchev–Trinajstić information content (AvgIpc) is 2.87. The molecule has 3 amide bonds. The van der Waals surface area contributed by atoms with Crippen LogP contribution in [-0.4, -0.2) is 60.3 Å². The summed E-state index contributed by atoms with van der Waals surface area (Å²) in [6.45, 7) is 4.89. The number of β-amino-alcohol motifs (C(OH)–C–C–N with tert-alkyl or cyclic N) is 1. The largest absolute Gasteiger partial charge is 0.496 e. The zero-order valence-corrected chi connectivity index (χ0v) is 16.2. The monoisotopic (exact) mass is 377 g/mol. The molecule has 2 aliphatic heterocycles. The number of rotatable bonds is 6. The number of carbonyl (C=O) groups excluding carboxylic acids is 2. The number of imide groups is 1. The van der Waals surface area contributed by atoms with Crippen LogP contribution in [0.1, 0.15) is 37.5 Å². The number of benzene rings is 1. The maximum atomic E-state index is 12.6. The summed E-state index contributed by atoms with van der Waals surface area (Å²) in [5.41, 5.74) is 1.50. The van der Waals surface area contributed by atoms with Gasteiger partial charge in [0, 0.05) is 24.2 Å². The van der Waals surface area contributed by atoms with Crippen LogP contribution in [0.5, 0.6) is 11.5 Å². The number of carbonyl (C=O) groups is 2. The molecule has 2 N–H and O–H groups in total. The Morgan fingerprint density at radius 3 is 2.52 bits per heavy atom. The Bertz CT molecular complexity index is 736. The van der Waals surface area contributed by atoms with Crippen molar-refractivity contribution in [1.29, 1.82) is 0 Å². The molecule has 2 atom stereocenters. The van der Waals surface area contributed by atoms with Gasteiger partial charge in [0.15, 0.2) is 0 Å². The van der Waals surface area contributed by atoms with Gasteiger partial charge in [-0.1, -0.05) is 13.8 Å². The van der Waals surface area contributed by atoms with Crippen molar-refractivity contribution in [2.45, 2.75) is 39.0 Å². The zero-order chi connectivity index (χ0) is 19.7. The first-order chi connectivity index (χ1) is 12.8. The van der Waals surface area contributed by atoms with E-state index in [9.17, 15) is 14.7 Å². The van der Waals surface area contributed by atoms with Gasteiger partial charge in [-0.15, -0.1) is 0 Å². The maximum Gasteiger partial charge on any atom is 0.325 e. The number of nitrogens with zero attached hydrogens (tertiary/aromatic N) is 2. The Morgan fingerprint density at radius 1 is 1.22 bits per heavy atom. The normalized spacial score (nSPS) is 22.8. The van der Waals surface area contributed by atoms with Crippen LogP contribution in [0.25, 0.3) is 0 Å². The molecular formula is C19H27N3O5. The van der Waals surface area contributed by atoms with Crippen molar-refractivity contribution >= 4 is 11.9 Å². The van der Waals surface area contributed by atoms with Gasteiger partial charge in [-0.25, -0.2) is 9.69 Å². The molecule has 1 fully saturated rings. The lowest BCUT2D eigenvalue weighted by atomic mass is 9.95. The smallest absolute Gasteiger partial charge is 0.325 e. The van der Waals surface area contributed by atoms with Gasteiger partial charge in [0.2, 0.25) is 0 Å². The van der Waals surface area contributed by atoms with Gasteiger partial charge in [-0.05, 0) is 24.5 Å². The number of amides is 3. The molecule has 0 aliphatic carbocycles. The topological polar surface area (TPSA) is 91.3 Å². The third-order valence-corrected chi connectivity index (χ3v) is 5.02. The van der Waals surface area contributed by atoms with Gasteiger partial charge in [-0.2, -0.15) is 0 Å². The molecule has 3 rings (SSSR count). The fourth-order valence-corrected chi connectivity index (χ4v) is 3.79. The summed E-state index contributed by atoms with van der Waals surface area (Å²) >= 11 is 0. The van der Waals surface area contributed by atoms with E-state index >= 15 is 0 Å². The van der Waals surface area contributed by atoms with Crippen molar-refractivity contribution in [2.24, 2.45) is 5.92 Å². The number of fused-ring (bicyclic) bond motifs is 1. The van der Waals surface area contributed by atoms with E-state index in [1.165, 1.54) is 4.90 Å². The van der Waals surface area contributed by atoms with Gasteiger partial charge in [-0.3, -0.25) is 9.69 Å². The quantitative estimate of drug-likeness (QED) is 0.730. The van der Waals surface area contributed by atoms with Crippen molar-refractivity contribution in [3.63, 3.8) is 0 Å². The molecule has 8 nitrogen and oxygen atoms in total. The second-order valence-electron chi connectivity index (χ2n) is 7.43.